The van der Waals surface area contributed by atoms with Crippen molar-refractivity contribution in [2.45, 2.75) is 32.0 Å². The summed E-state index contributed by atoms with van der Waals surface area (Å²) in [5, 5.41) is 3.54. The molecule has 0 spiro atoms. The molecule has 3 heteroatoms. The van der Waals surface area contributed by atoms with Crippen molar-refractivity contribution in [1.82, 2.24) is 9.88 Å². The quantitative estimate of drug-likeness (QED) is 0.894. The monoisotopic (exact) mass is 304 g/mol. The van der Waals surface area contributed by atoms with Gasteiger partial charge in [0.1, 0.15) is 0 Å². The zero-order chi connectivity index (χ0) is 12.4. The van der Waals surface area contributed by atoms with Gasteiger partial charge in [0.2, 0.25) is 0 Å². The van der Waals surface area contributed by atoms with Crippen LogP contribution in [0.5, 0.6) is 0 Å². The van der Waals surface area contributed by atoms with Crippen molar-refractivity contribution < 1.29 is 0 Å². The second-order valence-electron chi connectivity index (χ2n) is 4.98. The van der Waals surface area contributed by atoms with Gasteiger partial charge in [0.15, 0.2) is 0 Å². The third kappa shape index (κ3) is 3.24. The van der Waals surface area contributed by atoms with E-state index in [4.69, 9.17) is 0 Å². The van der Waals surface area contributed by atoms with Crippen molar-refractivity contribution in [3.8, 4) is 0 Å². The molecule has 1 aromatic heterocycles. The maximum atomic E-state index is 3.54. The maximum absolute atomic E-state index is 3.54. The highest BCUT2D eigenvalue weighted by Gasteiger charge is 2.19. The fraction of sp³-hybridized carbons (Fsp3) is 0.333. The van der Waals surface area contributed by atoms with E-state index >= 15 is 0 Å². The van der Waals surface area contributed by atoms with E-state index in [2.05, 4.69) is 68.5 Å². The zero-order valence-electron chi connectivity index (χ0n) is 10.3. The van der Waals surface area contributed by atoms with Crippen molar-refractivity contribution >= 4 is 15.9 Å². The Morgan fingerprint density at radius 1 is 1.22 bits per heavy atom. The Bertz CT molecular complexity index is 529. The van der Waals surface area contributed by atoms with E-state index in [-0.39, 0.29) is 0 Å². The molecule has 0 aliphatic heterocycles. The van der Waals surface area contributed by atoms with Gasteiger partial charge in [-0.1, -0.05) is 28.1 Å². The molecule has 2 nitrogen and oxygen atoms in total. The van der Waals surface area contributed by atoms with Gasteiger partial charge in [0.25, 0.3) is 0 Å². The van der Waals surface area contributed by atoms with Gasteiger partial charge in [-0.15, -0.1) is 0 Å². The highest BCUT2D eigenvalue weighted by molar-refractivity contribution is 9.10. The molecule has 1 N–H and O–H groups in total. The van der Waals surface area contributed by atoms with Crippen LogP contribution in [0.3, 0.4) is 0 Å². The van der Waals surface area contributed by atoms with Gasteiger partial charge >= 0.3 is 0 Å². The predicted octanol–water partition coefficient (Wildman–Crippen LogP) is 3.55. The molecule has 1 aliphatic carbocycles. The van der Waals surface area contributed by atoms with Gasteiger partial charge in [-0.25, -0.2) is 0 Å². The number of hydrogen-bond acceptors (Lipinski definition) is 1. The summed E-state index contributed by atoms with van der Waals surface area (Å²) in [5.41, 5.74) is 2.69. The molecule has 0 saturated heterocycles. The summed E-state index contributed by atoms with van der Waals surface area (Å²) in [5.74, 6) is 0. The Balaban J connectivity index is 1.61. The van der Waals surface area contributed by atoms with E-state index in [0.29, 0.717) is 0 Å². The van der Waals surface area contributed by atoms with E-state index in [0.717, 1.165) is 23.6 Å². The van der Waals surface area contributed by atoms with Crippen LogP contribution in [0.25, 0.3) is 0 Å². The fourth-order valence-electron chi connectivity index (χ4n) is 2.09. The average Bonchev–Trinajstić information content (AvgIpc) is 3.08. The Kier molecular flexibility index (Phi) is 3.52. The van der Waals surface area contributed by atoms with E-state index in [9.17, 15) is 0 Å². The molecule has 0 unspecified atom stereocenters. The van der Waals surface area contributed by atoms with Crippen LogP contribution >= 0.6 is 15.9 Å². The topological polar surface area (TPSA) is 17.0 Å². The molecule has 94 valence electrons. The lowest BCUT2D eigenvalue weighted by molar-refractivity contribution is 0.685. The van der Waals surface area contributed by atoms with Gasteiger partial charge in [-0.3, -0.25) is 0 Å². The van der Waals surface area contributed by atoms with E-state index in [1.54, 1.807) is 0 Å². The third-order valence-corrected chi connectivity index (χ3v) is 3.73. The molecule has 1 heterocycles. The summed E-state index contributed by atoms with van der Waals surface area (Å²) in [6, 6.07) is 11.4. The van der Waals surface area contributed by atoms with Crippen LogP contribution in [0, 0.1) is 0 Å². The van der Waals surface area contributed by atoms with Gasteiger partial charge in [-0.2, -0.15) is 0 Å². The minimum atomic E-state index is 0.776. The number of nitrogens with zero attached hydrogens (tertiary/aromatic N) is 1. The Labute approximate surface area is 116 Å². The summed E-state index contributed by atoms with van der Waals surface area (Å²) in [4.78, 5) is 0. The number of benzene rings is 1. The lowest BCUT2D eigenvalue weighted by atomic mass is 10.2. The summed E-state index contributed by atoms with van der Waals surface area (Å²) in [6.45, 7) is 1.93. The van der Waals surface area contributed by atoms with Crippen LogP contribution in [0.4, 0.5) is 0 Å². The Hall–Kier alpha value is -1.06. The van der Waals surface area contributed by atoms with E-state index in [1.807, 2.05) is 0 Å². The van der Waals surface area contributed by atoms with Crippen LogP contribution in [0.15, 0.2) is 47.2 Å². The highest BCUT2D eigenvalue weighted by Crippen LogP contribution is 2.19. The molecule has 0 bridgehead atoms. The Morgan fingerprint density at radius 2 is 2.11 bits per heavy atom. The van der Waals surface area contributed by atoms with Gasteiger partial charge in [0.05, 0.1) is 0 Å². The fourth-order valence-corrected chi connectivity index (χ4v) is 2.54. The maximum Gasteiger partial charge on any atom is 0.0470 e. The van der Waals surface area contributed by atoms with Crippen molar-refractivity contribution in [1.29, 1.82) is 0 Å². The van der Waals surface area contributed by atoms with Crippen molar-refractivity contribution in [3.63, 3.8) is 0 Å². The summed E-state index contributed by atoms with van der Waals surface area (Å²) < 4.78 is 3.38. The molecule has 1 aliphatic rings. The molecule has 0 radical (unpaired) electrons. The Morgan fingerprint density at radius 3 is 2.89 bits per heavy atom. The largest absolute Gasteiger partial charge is 0.350 e. The second kappa shape index (κ2) is 5.29. The normalized spacial score (nSPS) is 14.9. The summed E-state index contributed by atoms with van der Waals surface area (Å²) in [6.07, 6.45) is 7.08. The molecule has 0 amide bonds. The van der Waals surface area contributed by atoms with E-state index in [1.165, 1.54) is 24.0 Å². The van der Waals surface area contributed by atoms with Crippen LogP contribution in [-0.4, -0.2) is 10.6 Å². The van der Waals surface area contributed by atoms with Crippen molar-refractivity contribution in [3.05, 3.63) is 58.3 Å². The number of halogens is 1. The summed E-state index contributed by atoms with van der Waals surface area (Å²) >= 11 is 3.51. The molecule has 3 rings (SSSR count). The minimum Gasteiger partial charge on any atom is -0.350 e. The molecular weight excluding hydrogens is 288 g/mol. The predicted molar refractivity (Wildman–Crippen MR) is 77.5 cm³/mol. The number of hydrogen-bond donors (Lipinski definition) is 1. The molecule has 0 atom stereocenters. The van der Waals surface area contributed by atoms with Gasteiger partial charge in [-0.05, 0) is 42.2 Å². The number of nitrogens with one attached hydrogen (secondary N) is 1. The molecule has 1 aromatic carbocycles. The molecule has 1 saturated carbocycles. The number of aromatic nitrogens is 1. The molecular formula is C15H17BrN2. The summed E-state index contributed by atoms with van der Waals surface area (Å²) in [7, 11) is 0. The standard InChI is InChI=1S/C15H17BrN2/c16-14-3-1-2-12(8-14)10-18-7-6-13(11-18)9-17-15-4-5-15/h1-3,6-8,11,15,17H,4-5,9-10H2. The average molecular weight is 305 g/mol. The SMILES string of the molecule is Brc1cccc(Cn2ccc(CNC3CC3)c2)c1. The molecule has 18 heavy (non-hydrogen) atoms. The highest BCUT2D eigenvalue weighted by atomic mass is 79.9. The smallest absolute Gasteiger partial charge is 0.0470 e. The first-order valence-corrected chi connectivity index (χ1v) is 7.21. The first-order valence-electron chi connectivity index (χ1n) is 6.42. The molecule has 2 aromatic rings. The second-order valence-corrected chi connectivity index (χ2v) is 5.89. The number of rotatable bonds is 5. The van der Waals surface area contributed by atoms with Crippen LogP contribution < -0.4 is 5.32 Å². The lowest BCUT2D eigenvalue weighted by Gasteiger charge is -2.04. The van der Waals surface area contributed by atoms with Crippen molar-refractivity contribution in [2.75, 3.05) is 0 Å². The van der Waals surface area contributed by atoms with Crippen molar-refractivity contribution in [2.24, 2.45) is 0 Å². The van der Waals surface area contributed by atoms with Crippen LogP contribution in [0.1, 0.15) is 24.0 Å². The lowest BCUT2D eigenvalue weighted by Crippen LogP contribution is -2.14. The van der Waals surface area contributed by atoms with Gasteiger partial charge < -0.3 is 9.88 Å². The molecule has 1 fully saturated rings. The zero-order valence-corrected chi connectivity index (χ0v) is 11.9. The van der Waals surface area contributed by atoms with Gasteiger partial charge in [0, 0.05) is 36.0 Å². The third-order valence-electron chi connectivity index (χ3n) is 3.24. The van der Waals surface area contributed by atoms with Crippen LogP contribution in [-0.2, 0) is 13.1 Å². The van der Waals surface area contributed by atoms with Crippen LogP contribution in [0.2, 0.25) is 0 Å². The minimum absolute atomic E-state index is 0.776. The van der Waals surface area contributed by atoms with E-state index < -0.39 is 0 Å². The first kappa shape index (κ1) is 12.0. The first-order chi connectivity index (χ1) is 8.79.